The lowest BCUT2D eigenvalue weighted by molar-refractivity contribution is -0.120. The molecule has 2 heterocycles. The summed E-state index contributed by atoms with van der Waals surface area (Å²) in [5.41, 5.74) is 6.69. The molecule has 0 spiro atoms. The van der Waals surface area contributed by atoms with E-state index in [1.807, 2.05) is 56.3 Å². The van der Waals surface area contributed by atoms with Gasteiger partial charge >= 0.3 is 0 Å². The Labute approximate surface area is 192 Å². The van der Waals surface area contributed by atoms with E-state index < -0.39 is 0 Å². The second-order valence-electron chi connectivity index (χ2n) is 8.34. The number of carbonyl (C=O) groups excluding carboxylic acids is 2. The Hall–Kier alpha value is -3.37. The highest BCUT2D eigenvalue weighted by Gasteiger charge is 2.43. The molecule has 0 aromatic heterocycles. The predicted molar refractivity (Wildman–Crippen MR) is 127 cm³/mol. The van der Waals surface area contributed by atoms with Crippen LogP contribution < -0.4 is 4.90 Å². The number of amides is 2. The molecular formula is C27H23ClN2O2. The first kappa shape index (κ1) is 20.5. The molecule has 5 heteroatoms. The first-order valence-corrected chi connectivity index (χ1v) is 11.1. The molecule has 3 aromatic rings. The van der Waals surface area contributed by atoms with E-state index in [0.29, 0.717) is 40.6 Å². The zero-order chi connectivity index (χ0) is 22.4. The molecule has 0 N–H and O–H groups in total. The van der Waals surface area contributed by atoms with Gasteiger partial charge in [0.15, 0.2) is 0 Å². The molecule has 4 nitrogen and oxygen atoms in total. The van der Waals surface area contributed by atoms with Crippen molar-refractivity contribution in [3.8, 4) is 0 Å². The third-order valence-corrected chi connectivity index (χ3v) is 6.71. The van der Waals surface area contributed by atoms with Crippen LogP contribution in [0.25, 0.3) is 5.57 Å². The lowest BCUT2D eigenvalue weighted by Crippen LogP contribution is -2.37. The molecule has 160 valence electrons. The predicted octanol–water partition coefficient (Wildman–Crippen LogP) is 5.30. The standard InChI is InChI=1S/C27H23ClN2O2/c1-17-6-5-9-23(18(17)2)30-26(31)24(20-10-12-22(28)13-11-20)25(27(30)32)29-15-14-19-7-3-4-8-21(19)16-29/h3-13H,14-16H2,1-2H3. The first-order valence-electron chi connectivity index (χ1n) is 10.7. The Morgan fingerprint density at radius 2 is 1.53 bits per heavy atom. The van der Waals surface area contributed by atoms with Gasteiger partial charge in [0.05, 0.1) is 11.3 Å². The zero-order valence-corrected chi connectivity index (χ0v) is 18.8. The molecule has 0 bridgehead atoms. The van der Waals surface area contributed by atoms with Crippen LogP contribution >= 0.6 is 11.6 Å². The summed E-state index contributed by atoms with van der Waals surface area (Å²) in [5.74, 6) is -0.562. The molecule has 0 fully saturated rings. The monoisotopic (exact) mass is 442 g/mol. The lowest BCUT2D eigenvalue weighted by Gasteiger charge is -2.31. The Morgan fingerprint density at radius 3 is 2.28 bits per heavy atom. The first-order chi connectivity index (χ1) is 15.5. The lowest BCUT2D eigenvalue weighted by atomic mass is 9.98. The van der Waals surface area contributed by atoms with E-state index >= 15 is 0 Å². The smallest absolute Gasteiger partial charge is 0.282 e. The van der Waals surface area contributed by atoms with Crippen LogP contribution in [0.2, 0.25) is 5.02 Å². The Morgan fingerprint density at radius 1 is 0.812 bits per heavy atom. The van der Waals surface area contributed by atoms with Gasteiger partial charge in [0.1, 0.15) is 5.70 Å². The number of fused-ring (bicyclic) bond motifs is 1. The van der Waals surface area contributed by atoms with Crippen molar-refractivity contribution in [2.75, 3.05) is 11.4 Å². The number of benzene rings is 3. The largest absolute Gasteiger partial charge is 0.362 e. The van der Waals surface area contributed by atoms with Crippen molar-refractivity contribution >= 4 is 34.7 Å². The molecule has 32 heavy (non-hydrogen) atoms. The summed E-state index contributed by atoms with van der Waals surface area (Å²) in [4.78, 5) is 31.0. The van der Waals surface area contributed by atoms with Crippen LogP contribution in [0.1, 0.15) is 27.8 Å². The number of hydrogen-bond donors (Lipinski definition) is 0. The molecule has 0 atom stereocenters. The summed E-state index contributed by atoms with van der Waals surface area (Å²) in [6.45, 7) is 5.22. The SMILES string of the molecule is Cc1cccc(N2C(=O)C(c3ccc(Cl)cc3)=C(N3CCc4ccccc4C3)C2=O)c1C. The molecule has 0 saturated heterocycles. The third kappa shape index (κ3) is 3.32. The Kier molecular flexibility index (Phi) is 5.10. The van der Waals surface area contributed by atoms with E-state index in [2.05, 4.69) is 17.0 Å². The van der Waals surface area contributed by atoms with E-state index in [4.69, 9.17) is 11.6 Å². The van der Waals surface area contributed by atoms with E-state index in [9.17, 15) is 9.59 Å². The molecule has 3 aromatic carbocycles. The van der Waals surface area contributed by atoms with Gasteiger partial charge in [0, 0.05) is 18.1 Å². The van der Waals surface area contributed by atoms with Gasteiger partial charge in [-0.25, -0.2) is 4.90 Å². The van der Waals surface area contributed by atoms with Crippen molar-refractivity contribution in [2.45, 2.75) is 26.8 Å². The van der Waals surface area contributed by atoms with E-state index in [0.717, 1.165) is 17.5 Å². The fourth-order valence-corrected chi connectivity index (χ4v) is 4.70. The molecule has 5 rings (SSSR count). The second-order valence-corrected chi connectivity index (χ2v) is 8.77. The quantitative estimate of drug-likeness (QED) is 0.517. The summed E-state index contributed by atoms with van der Waals surface area (Å²) < 4.78 is 0. The van der Waals surface area contributed by atoms with Gasteiger partial charge in [0.2, 0.25) is 0 Å². The molecule has 2 amide bonds. The maximum absolute atomic E-state index is 13.8. The number of aryl methyl sites for hydroxylation is 1. The summed E-state index contributed by atoms with van der Waals surface area (Å²) in [7, 11) is 0. The highest BCUT2D eigenvalue weighted by molar-refractivity contribution is 6.45. The highest BCUT2D eigenvalue weighted by Crippen LogP contribution is 2.38. The fourth-order valence-electron chi connectivity index (χ4n) is 4.57. The van der Waals surface area contributed by atoms with Crippen molar-refractivity contribution in [3.05, 3.63) is 105 Å². The number of rotatable bonds is 3. The van der Waals surface area contributed by atoms with Gasteiger partial charge < -0.3 is 4.90 Å². The van der Waals surface area contributed by atoms with Crippen LogP contribution in [0.5, 0.6) is 0 Å². The van der Waals surface area contributed by atoms with E-state index in [1.165, 1.54) is 16.0 Å². The fraction of sp³-hybridized carbons (Fsp3) is 0.185. The van der Waals surface area contributed by atoms with Gasteiger partial charge in [-0.05, 0) is 66.3 Å². The summed E-state index contributed by atoms with van der Waals surface area (Å²) in [6.07, 6.45) is 0.832. The number of nitrogens with zero attached hydrogens (tertiary/aromatic N) is 2. The molecular weight excluding hydrogens is 420 g/mol. The van der Waals surface area contributed by atoms with Gasteiger partial charge in [-0.1, -0.05) is 60.1 Å². The minimum atomic E-state index is -0.292. The normalized spacial score (nSPS) is 16.1. The van der Waals surface area contributed by atoms with Crippen LogP contribution in [0, 0.1) is 13.8 Å². The van der Waals surface area contributed by atoms with Crippen molar-refractivity contribution < 1.29 is 9.59 Å². The maximum atomic E-state index is 13.8. The van der Waals surface area contributed by atoms with E-state index in [1.54, 1.807) is 12.1 Å². The van der Waals surface area contributed by atoms with Gasteiger partial charge in [-0.15, -0.1) is 0 Å². The van der Waals surface area contributed by atoms with Crippen LogP contribution in [0.3, 0.4) is 0 Å². The molecule has 2 aliphatic heterocycles. The molecule has 2 aliphatic rings. The minimum Gasteiger partial charge on any atom is -0.362 e. The summed E-state index contributed by atoms with van der Waals surface area (Å²) >= 11 is 6.10. The van der Waals surface area contributed by atoms with Crippen molar-refractivity contribution in [3.63, 3.8) is 0 Å². The minimum absolute atomic E-state index is 0.270. The maximum Gasteiger partial charge on any atom is 0.282 e. The molecule has 0 saturated carbocycles. The van der Waals surface area contributed by atoms with Gasteiger partial charge in [-0.2, -0.15) is 0 Å². The van der Waals surface area contributed by atoms with Crippen LogP contribution in [-0.2, 0) is 22.6 Å². The average molecular weight is 443 g/mol. The topological polar surface area (TPSA) is 40.6 Å². The summed E-state index contributed by atoms with van der Waals surface area (Å²) in [6, 6.07) is 21.1. The number of halogens is 1. The Bertz CT molecular complexity index is 1280. The number of imide groups is 1. The van der Waals surface area contributed by atoms with Crippen molar-refractivity contribution in [1.82, 2.24) is 4.90 Å². The second kappa shape index (κ2) is 7.95. The number of hydrogen-bond acceptors (Lipinski definition) is 3. The van der Waals surface area contributed by atoms with E-state index in [-0.39, 0.29) is 11.8 Å². The van der Waals surface area contributed by atoms with Crippen LogP contribution in [0.4, 0.5) is 5.69 Å². The van der Waals surface area contributed by atoms with Crippen molar-refractivity contribution in [2.24, 2.45) is 0 Å². The third-order valence-electron chi connectivity index (χ3n) is 6.46. The van der Waals surface area contributed by atoms with Crippen molar-refractivity contribution in [1.29, 1.82) is 0 Å². The van der Waals surface area contributed by atoms with Gasteiger partial charge in [0.25, 0.3) is 11.8 Å². The van der Waals surface area contributed by atoms with Crippen LogP contribution in [0.15, 0.2) is 72.4 Å². The number of anilines is 1. The van der Waals surface area contributed by atoms with Gasteiger partial charge in [-0.3, -0.25) is 9.59 Å². The number of carbonyl (C=O) groups is 2. The zero-order valence-electron chi connectivity index (χ0n) is 18.1. The van der Waals surface area contributed by atoms with Crippen LogP contribution in [-0.4, -0.2) is 23.3 Å². The molecule has 0 aliphatic carbocycles. The highest BCUT2D eigenvalue weighted by atomic mass is 35.5. The summed E-state index contributed by atoms with van der Waals surface area (Å²) in [5, 5.41) is 0.589. The Balaban J connectivity index is 1.64. The average Bonchev–Trinajstić information content (AvgIpc) is 3.06. The molecule has 0 radical (unpaired) electrons. The molecule has 0 unspecified atom stereocenters.